The maximum absolute atomic E-state index is 11.7. The second-order valence-electron chi connectivity index (χ2n) is 5.92. The number of hydrogen-bond acceptors (Lipinski definition) is 4. The Labute approximate surface area is 126 Å². The van der Waals surface area contributed by atoms with Gasteiger partial charge in [0.25, 0.3) is 0 Å². The zero-order valence-corrected chi connectivity index (χ0v) is 12.9. The van der Waals surface area contributed by atoms with Crippen LogP contribution in [0.4, 0.5) is 5.69 Å². The van der Waals surface area contributed by atoms with Crippen LogP contribution in [0.25, 0.3) is 0 Å². The zero-order chi connectivity index (χ0) is 14.8. The van der Waals surface area contributed by atoms with Crippen molar-refractivity contribution in [2.45, 2.75) is 38.3 Å². The van der Waals surface area contributed by atoms with Gasteiger partial charge in [0.1, 0.15) is 0 Å². The van der Waals surface area contributed by atoms with Crippen LogP contribution in [0, 0.1) is 0 Å². The van der Waals surface area contributed by atoms with E-state index in [2.05, 4.69) is 34.3 Å². The van der Waals surface area contributed by atoms with Crippen LogP contribution in [0.15, 0.2) is 18.3 Å². The van der Waals surface area contributed by atoms with E-state index in [0.717, 1.165) is 44.6 Å². The lowest BCUT2D eigenvalue weighted by atomic mass is 10.1. The molecule has 0 bridgehead atoms. The van der Waals surface area contributed by atoms with E-state index in [-0.39, 0.29) is 0 Å². The van der Waals surface area contributed by atoms with Gasteiger partial charge in [-0.2, -0.15) is 0 Å². The molecule has 2 unspecified atom stereocenters. The van der Waals surface area contributed by atoms with Gasteiger partial charge in [-0.3, -0.25) is 9.78 Å². The molecule has 3 rings (SSSR count). The summed E-state index contributed by atoms with van der Waals surface area (Å²) in [6.07, 6.45) is 4.72. The molecule has 2 fully saturated rings. The van der Waals surface area contributed by atoms with Crippen LogP contribution in [0.3, 0.4) is 0 Å². The number of amides is 1. The molecular formula is C16H24N4O. The summed E-state index contributed by atoms with van der Waals surface area (Å²) in [5.41, 5.74) is 2.27. The molecule has 5 heteroatoms. The maximum Gasteiger partial charge on any atom is 0.223 e. The molecule has 5 nitrogen and oxygen atoms in total. The molecular weight excluding hydrogens is 264 g/mol. The molecule has 2 aliphatic heterocycles. The third-order valence-electron chi connectivity index (χ3n) is 4.74. The molecule has 1 N–H and O–H groups in total. The number of nitrogens with one attached hydrogen (secondary N) is 1. The zero-order valence-electron chi connectivity index (χ0n) is 12.9. The van der Waals surface area contributed by atoms with Crippen LogP contribution in [0.5, 0.6) is 0 Å². The first kappa shape index (κ1) is 14.3. The summed E-state index contributed by atoms with van der Waals surface area (Å²) >= 11 is 0. The molecule has 0 aromatic carbocycles. The minimum Gasteiger partial charge on any atom is -0.366 e. The van der Waals surface area contributed by atoms with Crippen LogP contribution in [0.1, 0.15) is 37.9 Å². The predicted molar refractivity (Wildman–Crippen MR) is 83.3 cm³/mol. The number of pyridine rings is 1. The van der Waals surface area contributed by atoms with Crippen molar-refractivity contribution >= 4 is 11.6 Å². The quantitative estimate of drug-likeness (QED) is 0.913. The lowest BCUT2D eigenvalue weighted by Gasteiger charge is -2.38. The molecule has 0 radical (unpaired) electrons. The highest BCUT2D eigenvalue weighted by Crippen LogP contribution is 2.26. The fourth-order valence-corrected chi connectivity index (χ4v) is 3.45. The molecule has 0 spiro atoms. The maximum atomic E-state index is 11.7. The Balaban J connectivity index is 1.69. The molecule has 3 heterocycles. The highest BCUT2D eigenvalue weighted by molar-refractivity contribution is 5.79. The molecule has 1 aromatic heterocycles. The molecule has 0 saturated carbocycles. The molecule has 1 aromatic rings. The van der Waals surface area contributed by atoms with Gasteiger partial charge in [0, 0.05) is 38.1 Å². The van der Waals surface area contributed by atoms with Crippen LogP contribution in [-0.2, 0) is 4.79 Å². The largest absolute Gasteiger partial charge is 0.366 e. The number of nitrogens with zero attached hydrogens (tertiary/aromatic N) is 3. The second kappa shape index (κ2) is 6.02. The Morgan fingerprint density at radius 1 is 1.43 bits per heavy atom. The predicted octanol–water partition coefficient (Wildman–Crippen LogP) is 1.56. The van der Waals surface area contributed by atoms with Crippen molar-refractivity contribution in [3.8, 4) is 0 Å². The number of carbonyl (C=O) groups excluding carboxylic acids is 1. The number of anilines is 1. The number of fused-ring (bicyclic) bond motifs is 1. The summed E-state index contributed by atoms with van der Waals surface area (Å²) in [6, 6.07) is 5.00. The standard InChI is InChI=1S/C16H24N4O/c1-3-14(17-2)15-6-4-12(10-18-15)19-8-9-20-13(11-19)5-7-16(20)21/h4,6,10,13-14,17H,3,5,7-9,11H2,1-2H3. The van der Waals surface area contributed by atoms with Crippen LogP contribution in [0.2, 0.25) is 0 Å². The Kier molecular flexibility index (Phi) is 4.10. The first-order valence-electron chi connectivity index (χ1n) is 7.90. The highest BCUT2D eigenvalue weighted by Gasteiger charge is 2.35. The van der Waals surface area contributed by atoms with Crippen LogP contribution in [-0.4, -0.2) is 48.5 Å². The summed E-state index contributed by atoms with van der Waals surface area (Å²) in [5, 5.41) is 3.28. The van der Waals surface area contributed by atoms with E-state index in [0.29, 0.717) is 18.0 Å². The fraction of sp³-hybridized carbons (Fsp3) is 0.625. The van der Waals surface area contributed by atoms with E-state index in [1.165, 1.54) is 5.69 Å². The smallest absolute Gasteiger partial charge is 0.223 e. The number of hydrogen-bond donors (Lipinski definition) is 1. The third kappa shape index (κ3) is 2.75. The molecule has 2 saturated heterocycles. The first-order valence-corrected chi connectivity index (χ1v) is 7.90. The Morgan fingerprint density at radius 3 is 2.95 bits per heavy atom. The van der Waals surface area contributed by atoms with E-state index in [1.54, 1.807) is 0 Å². The van der Waals surface area contributed by atoms with E-state index in [1.807, 2.05) is 18.1 Å². The van der Waals surface area contributed by atoms with E-state index >= 15 is 0 Å². The molecule has 2 atom stereocenters. The first-order chi connectivity index (χ1) is 10.2. The van der Waals surface area contributed by atoms with Crippen molar-refractivity contribution in [1.29, 1.82) is 0 Å². The normalized spacial score (nSPS) is 23.3. The fourth-order valence-electron chi connectivity index (χ4n) is 3.45. The van der Waals surface area contributed by atoms with E-state index in [4.69, 9.17) is 0 Å². The summed E-state index contributed by atoms with van der Waals surface area (Å²) in [7, 11) is 1.97. The molecule has 21 heavy (non-hydrogen) atoms. The van der Waals surface area contributed by atoms with Crippen molar-refractivity contribution in [1.82, 2.24) is 15.2 Å². The number of carbonyl (C=O) groups is 1. The van der Waals surface area contributed by atoms with Crippen molar-refractivity contribution < 1.29 is 4.79 Å². The highest BCUT2D eigenvalue weighted by atomic mass is 16.2. The topological polar surface area (TPSA) is 48.5 Å². The average Bonchev–Trinajstić information content (AvgIpc) is 2.90. The van der Waals surface area contributed by atoms with Gasteiger partial charge in [-0.1, -0.05) is 6.92 Å². The van der Waals surface area contributed by atoms with Gasteiger partial charge < -0.3 is 15.1 Å². The van der Waals surface area contributed by atoms with Crippen LogP contribution >= 0.6 is 0 Å². The summed E-state index contributed by atoms with van der Waals surface area (Å²) in [5.74, 6) is 0.327. The average molecular weight is 288 g/mol. The monoisotopic (exact) mass is 288 g/mol. The minimum absolute atomic E-state index is 0.323. The van der Waals surface area contributed by atoms with Gasteiger partial charge in [-0.05, 0) is 32.0 Å². The lowest BCUT2D eigenvalue weighted by Crippen LogP contribution is -2.51. The summed E-state index contributed by atoms with van der Waals surface area (Å²) in [6.45, 7) is 4.86. The van der Waals surface area contributed by atoms with Gasteiger partial charge in [0.15, 0.2) is 0 Å². The van der Waals surface area contributed by atoms with Crippen molar-refractivity contribution in [2.75, 3.05) is 31.6 Å². The minimum atomic E-state index is 0.323. The number of aromatic nitrogens is 1. The Morgan fingerprint density at radius 2 is 2.29 bits per heavy atom. The molecule has 114 valence electrons. The summed E-state index contributed by atoms with van der Waals surface area (Å²) in [4.78, 5) is 20.7. The molecule has 1 amide bonds. The van der Waals surface area contributed by atoms with Gasteiger partial charge >= 0.3 is 0 Å². The summed E-state index contributed by atoms with van der Waals surface area (Å²) < 4.78 is 0. The molecule has 0 aliphatic carbocycles. The van der Waals surface area contributed by atoms with E-state index < -0.39 is 0 Å². The van der Waals surface area contributed by atoms with Crippen LogP contribution < -0.4 is 10.2 Å². The van der Waals surface area contributed by atoms with Gasteiger partial charge in [-0.15, -0.1) is 0 Å². The van der Waals surface area contributed by atoms with E-state index in [9.17, 15) is 4.79 Å². The SMILES string of the molecule is CCC(NC)c1ccc(N2CCN3C(=O)CCC3C2)cn1. The third-order valence-corrected chi connectivity index (χ3v) is 4.74. The Hall–Kier alpha value is -1.62. The second-order valence-corrected chi connectivity index (χ2v) is 5.92. The van der Waals surface area contributed by atoms with Crippen molar-refractivity contribution in [2.24, 2.45) is 0 Å². The van der Waals surface area contributed by atoms with Gasteiger partial charge in [0.05, 0.1) is 17.6 Å². The van der Waals surface area contributed by atoms with Crippen molar-refractivity contribution in [3.63, 3.8) is 0 Å². The number of piperazine rings is 1. The van der Waals surface area contributed by atoms with Gasteiger partial charge in [-0.25, -0.2) is 0 Å². The Bertz CT molecular complexity index is 498. The molecule has 2 aliphatic rings. The number of rotatable bonds is 4. The van der Waals surface area contributed by atoms with Gasteiger partial charge in [0.2, 0.25) is 5.91 Å². The van der Waals surface area contributed by atoms with Crippen molar-refractivity contribution in [3.05, 3.63) is 24.0 Å². The lowest BCUT2D eigenvalue weighted by molar-refractivity contribution is -0.129.